The van der Waals surface area contributed by atoms with Crippen LogP contribution in [-0.4, -0.2) is 44.5 Å². The fourth-order valence-corrected chi connectivity index (χ4v) is 2.50. The van der Waals surface area contributed by atoms with Crippen molar-refractivity contribution in [3.63, 3.8) is 0 Å². The molecule has 0 amide bonds. The maximum atomic E-state index is 13.2. The first kappa shape index (κ1) is 23.8. The molecule has 0 bridgehead atoms. The van der Waals surface area contributed by atoms with Crippen LogP contribution in [0.5, 0.6) is 0 Å². The van der Waals surface area contributed by atoms with Crippen molar-refractivity contribution in [2.45, 2.75) is 33.2 Å². The molecule has 0 spiro atoms. The monoisotopic (exact) mass is 409 g/mol. The van der Waals surface area contributed by atoms with Crippen molar-refractivity contribution in [1.29, 1.82) is 10.8 Å². The van der Waals surface area contributed by atoms with Gasteiger partial charge in [-0.1, -0.05) is 13.8 Å². The standard InChI is InChI=1S/C18H19F2N3O4.C2H6/c1-9(21)27-17(22)10-4-5-11(18(24)26-3)12(6-10)13-7-14(16(19)20)23-8-15(13)25-2;1-2/h4-8,14,16,21-23H,1-3H3;1-2H3. The number of esters is 1. The Bertz CT molecular complexity index is 835. The van der Waals surface area contributed by atoms with E-state index in [1.807, 2.05) is 13.8 Å². The van der Waals surface area contributed by atoms with Gasteiger partial charge >= 0.3 is 5.97 Å². The molecule has 0 saturated carbocycles. The zero-order chi connectivity index (χ0) is 22.1. The number of rotatable bonds is 5. The van der Waals surface area contributed by atoms with E-state index in [1.54, 1.807) is 0 Å². The Morgan fingerprint density at radius 3 is 2.38 bits per heavy atom. The lowest BCUT2D eigenvalue weighted by molar-refractivity contribution is 0.0600. The number of ether oxygens (including phenoxy) is 3. The average Bonchev–Trinajstić information content (AvgIpc) is 2.73. The molecule has 29 heavy (non-hydrogen) atoms. The smallest absolute Gasteiger partial charge is 0.338 e. The number of hydrogen-bond donors (Lipinski definition) is 3. The van der Waals surface area contributed by atoms with E-state index in [9.17, 15) is 13.6 Å². The Balaban J connectivity index is 0.00000204. The van der Waals surface area contributed by atoms with E-state index in [0.29, 0.717) is 0 Å². The Morgan fingerprint density at radius 2 is 1.86 bits per heavy atom. The molecule has 7 nitrogen and oxygen atoms in total. The zero-order valence-corrected chi connectivity index (χ0v) is 16.9. The van der Waals surface area contributed by atoms with E-state index < -0.39 is 18.4 Å². The summed E-state index contributed by atoms with van der Waals surface area (Å²) in [6.45, 7) is 5.37. The predicted molar refractivity (Wildman–Crippen MR) is 106 cm³/mol. The van der Waals surface area contributed by atoms with Gasteiger partial charge in [0.05, 0.1) is 19.8 Å². The third-order valence-corrected chi connectivity index (χ3v) is 3.74. The first-order valence-electron chi connectivity index (χ1n) is 8.83. The van der Waals surface area contributed by atoms with Gasteiger partial charge in [-0.2, -0.15) is 0 Å². The van der Waals surface area contributed by atoms with Crippen LogP contribution in [0, 0.1) is 10.8 Å². The number of nitrogens with one attached hydrogen (secondary N) is 3. The number of halogens is 2. The van der Waals surface area contributed by atoms with Gasteiger partial charge < -0.3 is 19.5 Å². The molecule has 0 aliphatic carbocycles. The highest BCUT2D eigenvalue weighted by Crippen LogP contribution is 2.31. The van der Waals surface area contributed by atoms with E-state index in [0.717, 1.165) is 0 Å². The molecule has 0 aromatic heterocycles. The molecular weight excluding hydrogens is 384 g/mol. The summed E-state index contributed by atoms with van der Waals surface area (Å²) < 4.78 is 41.3. The number of benzene rings is 1. The van der Waals surface area contributed by atoms with Crippen LogP contribution >= 0.6 is 0 Å². The summed E-state index contributed by atoms with van der Waals surface area (Å²) >= 11 is 0. The largest absolute Gasteiger partial charge is 0.495 e. The van der Waals surface area contributed by atoms with Gasteiger partial charge in [0.25, 0.3) is 6.43 Å². The minimum Gasteiger partial charge on any atom is -0.495 e. The highest BCUT2D eigenvalue weighted by molar-refractivity contribution is 6.03. The highest BCUT2D eigenvalue weighted by atomic mass is 19.3. The second-order valence-electron chi connectivity index (χ2n) is 5.56. The maximum Gasteiger partial charge on any atom is 0.338 e. The normalized spacial score (nSPS) is 15.1. The van der Waals surface area contributed by atoms with Crippen LogP contribution in [0.15, 0.2) is 36.2 Å². The number of dihydropyridines is 1. The molecule has 2 rings (SSSR count). The number of alkyl halides is 2. The number of hydrogen-bond acceptors (Lipinski definition) is 7. The van der Waals surface area contributed by atoms with Crippen molar-refractivity contribution in [2.75, 3.05) is 14.2 Å². The number of allylic oxidation sites excluding steroid dienone is 1. The first-order valence-corrected chi connectivity index (χ1v) is 8.83. The summed E-state index contributed by atoms with van der Waals surface area (Å²) in [6, 6.07) is 3.02. The fourth-order valence-electron chi connectivity index (χ4n) is 2.50. The third-order valence-electron chi connectivity index (χ3n) is 3.74. The van der Waals surface area contributed by atoms with E-state index in [2.05, 4.69) is 5.32 Å². The topological polar surface area (TPSA) is 104 Å². The van der Waals surface area contributed by atoms with E-state index in [1.165, 1.54) is 51.6 Å². The molecule has 1 aromatic carbocycles. The Hall–Kier alpha value is -3.23. The first-order chi connectivity index (χ1) is 13.8. The molecule has 0 fully saturated rings. The van der Waals surface area contributed by atoms with Crippen molar-refractivity contribution < 1.29 is 27.8 Å². The van der Waals surface area contributed by atoms with Gasteiger partial charge in [0.15, 0.2) is 5.90 Å². The summed E-state index contributed by atoms with van der Waals surface area (Å²) in [5.41, 5.74) is 0.872. The van der Waals surface area contributed by atoms with E-state index >= 15 is 0 Å². The minimum absolute atomic E-state index is 0.116. The SMILES string of the molecule is CC.COC(=O)c1ccc(C(=N)OC(C)=N)cc1C1=CC(C(F)F)NC=C1OC. The number of carbonyl (C=O) groups is 1. The maximum absolute atomic E-state index is 13.2. The van der Waals surface area contributed by atoms with Gasteiger partial charge in [-0.05, 0) is 24.3 Å². The van der Waals surface area contributed by atoms with Crippen LogP contribution in [-0.2, 0) is 14.2 Å². The molecule has 3 N–H and O–H groups in total. The van der Waals surface area contributed by atoms with Gasteiger partial charge in [0.1, 0.15) is 11.8 Å². The Kier molecular flexibility index (Phi) is 8.98. The van der Waals surface area contributed by atoms with E-state index in [-0.39, 0.29) is 39.8 Å². The van der Waals surface area contributed by atoms with Crippen molar-refractivity contribution >= 4 is 23.3 Å². The second kappa shape index (κ2) is 10.9. The third kappa shape index (κ3) is 5.87. The van der Waals surface area contributed by atoms with Gasteiger partial charge in [-0.25, -0.2) is 13.6 Å². The molecule has 9 heteroatoms. The lowest BCUT2D eigenvalue weighted by Gasteiger charge is -2.24. The van der Waals surface area contributed by atoms with Crippen molar-refractivity contribution in [2.24, 2.45) is 0 Å². The van der Waals surface area contributed by atoms with Gasteiger partial charge in [0.2, 0.25) is 5.90 Å². The molecule has 1 aliphatic heterocycles. The average molecular weight is 409 g/mol. The molecule has 1 heterocycles. The van der Waals surface area contributed by atoms with Crippen LogP contribution in [0.3, 0.4) is 0 Å². The summed E-state index contributed by atoms with van der Waals surface area (Å²) in [6.07, 6.45) is -0.133. The Labute approximate surface area is 168 Å². The summed E-state index contributed by atoms with van der Waals surface area (Å²) in [5, 5.41) is 17.8. The van der Waals surface area contributed by atoms with Crippen LogP contribution < -0.4 is 5.32 Å². The molecule has 0 radical (unpaired) electrons. The second-order valence-corrected chi connectivity index (χ2v) is 5.56. The van der Waals surface area contributed by atoms with Crippen molar-refractivity contribution in [1.82, 2.24) is 5.32 Å². The lowest BCUT2D eigenvalue weighted by atomic mass is 9.93. The number of carbonyl (C=O) groups excluding carboxylic acids is 1. The summed E-state index contributed by atoms with van der Waals surface area (Å²) in [5.74, 6) is -0.932. The molecule has 1 unspecified atom stereocenters. The van der Waals surface area contributed by atoms with E-state index in [4.69, 9.17) is 25.0 Å². The fraction of sp³-hybridized carbons (Fsp3) is 0.350. The van der Waals surface area contributed by atoms with Crippen LogP contribution in [0.1, 0.15) is 42.3 Å². The van der Waals surface area contributed by atoms with Crippen molar-refractivity contribution in [3.8, 4) is 0 Å². The predicted octanol–water partition coefficient (Wildman–Crippen LogP) is 3.95. The summed E-state index contributed by atoms with van der Waals surface area (Å²) in [7, 11) is 2.57. The summed E-state index contributed by atoms with van der Waals surface area (Å²) in [4.78, 5) is 12.2. The van der Waals surface area contributed by atoms with Gasteiger partial charge in [-0.15, -0.1) is 0 Å². The molecular formula is C20H25F2N3O4. The van der Waals surface area contributed by atoms with Gasteiger partial charge in [-0.3, -0.25) is 10.8 Å². The van der Waals surface area contributed by atoms with Crippen LogP contribution in [0.2, 0.25) is 0 Å². The molecule has 1 aliphatic rings. The number of methoxy groups -OCH3 is 2. The quantitative estimate of drug-likeness (QED) is 0.388. The lowest BCUT2D eigenvalue weighted by Crippen LogP contribution is -2.33. The van der Waals surface area contributed by atoms with Crippen molar-refractivity contribution in [3.05, 3.63) is 52.9 Å². The molecule has 1 aromatic rings. The highest BCUT2D eigenvalue weighted by Gasteiger charge is 2.27. The molecule has 158 valence electrons. The molecule has 0 saturated heterocycles. The molecule has 1 atom stereocenters. The Morgan fingerprint density at radius 1 is 1.21 bits per heavy atom. The van der Waals surface area contributed by atoms with Crippen LogP contribution in [0.25, 0.3) is 5.57 Å². The van der Waals surface area contributed by atoms with Gasteiger partial charge in [0, 0.05) is 29.8 Å². The minimum atomic E-state index is -2.68. The van der Waals surface area contributed by atoms with Crippen LogP contribution in [0.4, 0.5) is 8.78 Å². The zero-order valence-electron chi connectivity index (χ0n) is 16.9.